The lowest BCUT2D eigenvalue weighted by molar-refractivity contribution is 0.719. The number of aryl methyl sites for hydroxylation is 1. The van der Waals surface area contributed by atoms with E-state index in [2.05, 4.69) is 52.1 Å². The van der Waals surface area contributed by atoms with Gasteiger partial charge >= 0.3 is 0 Å². The molecule has 0 saturated carbocycles. The minimum atomic E-state index is 0.0570. The molecule has 0 spiro atoms. The Morgan fingerprint density at radius 2 is 1.89 bits per heavy atom. The Hall–Kier alpha value is -0.840. The smallest absolute Gasteiger partial charge is 0.111 e. The maximum Gasteiger partial charge on any atom is 0.111 e. The molecule has 100 valence electrons. The van der Waals surface area contributed by atoms with Crippen LogP contribution >= 0.6 is 27.7 Å². The van der Waals surface area contributed by atoms with Crippen LogP contribution in [0.5, 0.6) is 0 Å². The average molecular weight is 337 g/mol. The Morgan fingerprint density at radius 3 is 2.47 bits per heavy atom. The quantitative estimate of drug-likeness (QED) is 0.844. The summed E-state index contributed by atoms with van der Waals surface area (Å²) in [5.41, 5.74) is 8.64. The third kappa shape index (κ3) is 3.81. The van der Waals surface area contributed by atoms with Gasteiger partial charge in [0.1, 0.15) is 5.03 Å². The lowest BCUT2D eigenvalue weighted by Crippen LogP contribution is -2.22. The molecule has 2 rings (SSSR count). The van der Waals surface area contributed by atoms with Crippen molar-refractivity contribution in [3.8, 4) is 0 Å². The Balaban J connectivity index is 2.26. The molecule has 0 amide bonds. The first-order chi connectivity index (χ1) is 9.08. The number of pyridine rings is 1. The van der Waals surface area contributed by atoms with Gasteiger partial charge in [0.15, 0.2) is 0 Å². The Morgan fingerprint density at radius 1 is 1.21 bits per heavy atom. The van der Waals surface area contributed by atoms with Gasteiger partial charge in [-0.15, -0.1) is 0 Å². The maximum atomic E-state index is 6.14. The maximum absolute atomic E-state index is 6.14. The zero-order valence-electron chi connectivity index (χ0n) is 11.0. The van der Waals surface area contributed by atoms with Crippen molar-refractivity contribution in [2.24, 2.45) is 5.73 Å². The van der Waals surface area contributed by atoms with Crippen molar-refractivity contribution in [1.82, 2.24) is 4.98 Å². The van der Waals surface area contributed by atoms with E-state index in [4.69, 9.17) is 5.73 Å². The fourth-order valence-electron chi connectivity index (χ4n) is 1.81. The van der Waals surface area contributed by atoms with E-state index in [9.17, 15) is 0 Å². The number of rotatable bonds is 4. The van der Waals surface area contributed by atoms with Crippen LogP contribution < -0.4 is 5.73 Å². The predicted molar refractivity (Wildman–Crippen MR) is 85.4 cm³/mol. The highest BCUT2D eigenvalue weighted by molar-refractivity contribution is 9.10. The molecule has 2 atom stereocenters. The molecule has 1 heterocycles. The van der Waals surface area contributed by atoms with Crippen LogP contribution in [0.2, 0.25) is 0 Å². The van der Waals surface area contributed by atoms with E-state index in [0.717, 1.165) is 9.50 Å². The molecule has 0 aliphatic carbocycles. The van der Waals surface area contributed by atoms with Crippen LogP contribution in [-0.4, -0.2) is 11.0 Å². The summed E-state index contributed by atoms with van der Waals surface area (Å²) in [7, 11) is 0. The summed E-state index contributed by atoms with van der Waals surface area (Å²) in [5, 5.41) is 1.18. The number of nitrogens with two attached hydrogens (primary N) is 1. The summed E-state index contributed by atoms with van der Waals surface area (Å²) in [6.07, 6.45) is 1.81. The van der Waals surface area contributed by atoms with E-state index >= 15 is 0 Å². The van der Waals surface area contributed by atoms with Gasteiger partial charge in [-0.25, -0.2) is 4.98 Å². The van der Waals surface area contributed by atoms with E-state index in [1.807, 2.05) is 19.1 Å². The fraction of sp³-hybridized carbons (Fsp3) is 0.267. The van der Waals surface area contributed by atoms with Crippen LogP contribution in [0, 0.1) is 6.92 Å². The highest BCUT2D eigenvalue weighted by Crippen LogP contribution is 2.39. The van der Waals surface area contributed by atoms with Gasteiger partial charge < -0.3 is 5.73 Å². The van der Waals surface area contributed by atoms with Crippen LogP contribution in [0.3, 0.4) is 0 Å². The van der Waals surface area contributed by atoms with Crippen molar-refractivity contribution in [3.63, 3.8) is 0 Å². The molecule has 1 aromatic heterocycles. The van der Waals surface area contributed by atoms with E-state index in [1.54, 1.807) is 18.0 Å². The van der Waals surface area contributed by atoms with Gasteiger partial charge in [-0.2, -0.15) is 0 Å². The summed E-state index contributed by atoms with van der Waals surface area (Å²) in [5.74, 6) is 0. The SMILES string of the molecule is Cc1ccc(C(Sc2ncccc2Br)C(C)N)cc1. The third-order valence-corrected chi connectivity index (χ3v) is 5.25. The second-order valence-electron chi connectivity index (χ2n) is 4.60. The van der Waals surface area contributed by atoms with Gasteiger partial charge in [-0.1, -0.05) is 41.6 Å². The number of thioether (sulfide) groups is 1. The molecule has 0 bridgehead atoms. The monoisotopic (exact) mass is 336 g/mol. The molecule has 4 heteroatoms. The number of hydrogen-bond acceptors (Lipinski definition) is 3. The van der Waals surface area contributed by atoms with Crippen LogP contribution in [0.15, 0.2) is 52.1 Å². The molecule has 2 N–H and O–H groups in total. The Labute approximate surface area is 126 Å². The minimum Gasteiger partial charge on any atom is -0.327 e. The average Bonchev–Trinajstić information content (AvgIpc) is 2.39. The summed E-state index contributed by atoms with van der Waals surface area (Å²) in [6.45, 7) is 4.13. The third-order valence-electron chi connectivity index (χ3n) is 2.85. The summed E-state index contributed by atoms with van der Waals surface area (Å²) in [6, 6.07) is 12.5. The predicted octanol–water partition coefficient (Wildman–Crippen LogP) is 4.33. The Kier molecular flexibility index (Phi) is 5.02. The van der Waals surface area contributed by atoms with E-state index < -0.39 is 0 Å². The molecule has 19 heavy (non-hydrogen) atoms. The highest BCUT2D eigenvalue weighted by atomic mass is 79.9. The molecule has 1 aromatic carbocycles. The first-order valence-electron chi connectivity index (χ1n) is 6.17. The topological polar surface area (TPSA) is 38.9 Å². The van der Waals surface area contributed by atoms with Crippen molar-refractivity contribution < 1.29 is 0 Å². The molecule has 0 radical (unpaired) electrons. The highest BCUT2D eigenvalue weighted by Gasteiger charge is 2.19. The van der Waals surface area contributed by atoms with Crippen LogP contribution in [0.1, 0.15) is 23.3 Å². The lowest BCUT2D eigenvalue weighted by atomic mass is 10.1. The first-order valence-corrected chi connectivity index (χ1v) is 7.84. The molecule has 0 fully saturated rings. The standard InChI is InChI=1S/C15H17BrN2S/c1-10-5-7-12(8-6-10)14(11(2)17)19-15-13(16)4-3-9-18-15/h3-9,11,14H,17H2,1-2H3. The van der Waals surface area contributed by atoms with Gasteiger partial charge in [-0.05, 0) is 47.5 Å². The van der Waals surface area contributed by atoms with Crippen LogP contribution in [0.4, 0.5) is 0 Å². The minimum absolute atomic E-state index is 0.0570. The molecule has 0 saturated heterocycles. The Bertz CT molecular complexity index is 540. The van der Waals surface area contributed by atoms with E-state index in [0.29, 0.717) is 0 Å². The lowest BCUT2D eigenvalue weighted by Gasteiger charge is -2.21. The molecular formula is C15H17BrN2S. The number of benzene rings is 1. The van der Waals surface area contributed by atoms with Crippen molar-refractivity contribution in [2.45, 2.75) is 30.2 Å². The van der Waals surface area contributed by atoms with Crippen molar-refractivity contribution >= 4 is 27.7 Å². The summed E-state index contributed by atoms with van der Waals surface area (Å²) in [4.78, 5) is 4.40. The van der Waals surface area contributed by atoms with Gasteiger partial charge in [0.2, 0.25) is 0 Å². The first kappa shape index (κ1) is 14.6. The normalized spacial score (nSPS) is 14.1. The number of halogens is 1. The van der Waals surface area contributed by atoms with E-state index in [1.165, 1.54) is 11.1 Å². The number of nitrogens with zero attached hydrogens (tertiary/aromatic N) is 1. The van der Waals surface area contributed by atoms with Gasteiger partial charge in [0.05, 0.1) is 5.25 Å². The van der Waals surface area contributed by atoms with Gasteiger partial charge in [0, 0.05) is 16.7 Å². The van der Waals surface area contributed by atoms with Crippen LogP contribution in [0.25, 0.3) is 0 Å². The summed E-state index contributed by atoms with van der Waals surface area (Å²) < 4.78 is 1.01. The number of aromatic nitrogens is 1. The molecule has 2 aromatic rings. The van der Waals surface area contributed by atoms with Gasteiger partial charge in [-0.3, -0.25) is 0 Å². The van der Waals surface area contributed by atoms with Crippen molar-refractivity contribution in [2.75, 3.05) is 0 Å². The van der Waals surface area contributed by atoms with E-state index in [-0.39, 0.29) is 11.3 Å². The second-order valence-corrected chi connectivity index (χ2v) is 6.58. The zero-order valence-corrected chi connectivity index (χ0v) is 13.4. The summed E-state index contributed by atoms with van der Waals surface area (Å²) >= 11 is 5.23. The zero-order chi connectivity index (χ0) is 13.8. The fourth-order valence-corrected chi connectivity index (χ4v) is 3.40. The van der Waals surface area contributed by atoms with Gasteiger partial charge in [0.25, 0.3) is 0 Å². The largest absolute Gasteiger partial charge is 0.327 e. The molecule has 2 unspecified atom stereocenters. The molecular weight excluding hydrogens is 320 g/mol. The molecule has 0 aliphatic heterocycles. The van der Waals surface area contributed by atoms with Crippen molar-refractivity contribution in [1.29, 1.82) is 0 Å². The molecule has 2 nitrogen and oxygen atoms in total. The molecule has 0 aliphatic rings. The second kappa shape index (κ2) is 6.55. The number of hydrogen-bond donors (Lipinski definition) is 1. The van der Waals surface area contributed by atoms with Crippen LogP contribution in [-0.2, 0) is 0 Å². The van der Waals surface area contributed by atoms with Crippen molar-refractivity contribution in [3.05, 3.63) is 58.2 Å².